The zero-order chi connectivity index (χ0) is 18.7. The van der Waals surface area contributed by atoms with Crippen molar-refractivity contribution in [3.05, 3.63) is 53.1 Å². The first-order valence-electron chi connectivity index (χ1n) is 8.42. The molecule has 1 heterocycles. The number of anilines is 1. The van der Waals surface area contributed by atoms with Crippen LogP contribution in [0.15, 0.2) is 36.4 Å². The smallest absolute Gasteiger partial charge is 0.254 e. The number of methoxy groups -OCH3 is 2. The Kier molecular flexibility index (Phi) is 5.11. The maximum absolute atomic E-state index is 12.8. The number of ether oxygens (including phenoxy) is 2. The summed E-state index contributed by atoms with van der Waals surface area (Å²) in [5.74, 6) is 1.31. The molecule has 0 fully saturated rings. The summed E-state index contributed by atoms with van der Waals surface area (Å²) in [5, 5.41) is 2.70. The average Bonchev–Trinajstić information content (AvgIpc) is 2.66. The van der Waals surface area contributed by atoms with E-state index in [0.29, 0.717) is 24.3 Å². The van der Waals surface area contributed by atoms with Crippen LogP contribution in [0.2, 0.25) is 0 Å². The van der Waals surface area contributed by atoms with Crippen molar-refractivity contribution in [3.63, 3.8) is 0 Å². The first-order chi connectivity index (χ1) is 12.5. The van der Waals surface area contributed by atoms with Crippen LogP contribution in [0.25, 0.3) is 0 Å². The molecule has 0 radical (unpaired) electrons. The van der Waals surface area contributed by atoms with Gasteiger partial charge in [0.05, 0.1) is 14.2 Å². The Balaban J connectivity index is 1.79. The molecule has 1 aliphatic rings. The van der Waals surface area contributed by atoms with E-state index < -0.39 is 0 Å². The van der Waals surface area contributed by atoms with E-state index in [1.807, 2.05) is 17.0 Å². The molecule has 136 valence electrons. The molecule has 0 saturated heterocycles. The quantitative estimate of drug-likeness (QED) is 0.917. The lowest BCUT2D eigenvalue weighted by molar-refractivity contribution is -0.114. The van der Waals surface area contributed by atoms with Crippen molar-refractivity contribution in [2.24, 2.45) is 0 Å². The van der Waals surface area contributed by atoms with Gasteiger partial charge >= 0.3 is 0 Å². The average molecular weight is 354 g/mol. The minimum absolute atomic E-state index is 0.0390. The van der Waals surface area contributed by atoms with E-state index in [1.54, 1.807) is 38.5 Å². The first kappa shape index (κ1) is 17.8. The van der Waals surface area contributed by atoms with E-state index in [2.05, 4.69) is 5.32 Å². The number of amides is 2. The number of hydrogen-bond acceptors (Lipinski definition) is 4. The molecule has 2 aromatic carbocycles. The lowest BCUT2D eigenvalue weighted by atomic mass is 9.97. The minimum Gasteiger partial charge on any atom is -0.497 e. The summed E-state index contributed by atoms with van der Waals surface area (Å²) in [6.07, 6.45) is 0.749. The highest BCUT2D eigenvalue weighted by Crippen LogP contribution is 2.33. The molecule has 3 rings (SSSR count). The lowest BCUT2D eigenvalue weighted by Crippen LogP contribution is -2.36. The van der Waals surface area contributed by atoms with E-state index in [9.17, 15) is 9.59 Å². The van der Waals surface area contributed by atoms with E-state index in [4.69, 9.17) is 9.47 Å². The Labute approximate surface area is 152 Å². The van der Waals surface area contributed by atoms with Crippen molar-refractivity contribution in [2.45, 2.75) is 19.9 Å². The van der Waals surface area contributed by atoms with E-state index >= 15 is 0 Å². The fourth-order valence-corrected chi connectivity index (χ4v) is 3.16. The Bertz CT molecular complexity index is 813. The van der Waals surface area contributed by atoms with Crippen LogP contribution in [0.3, 0.4) is 0 Å². The van der Waals surface area contributed by atoms with Gasteiger partial charge in [0.1, 0.15) is 11.5 Å². The highest BCUT2D eigenvalue weighted by atomic mass is 16.5. The van der Waals surface area contributed by atoms with Gasteiger partial charge in [-0.1, -0.05) is 0 Å². The summed E-state index contributed by atoms with van der Waals surface area (Å²) < 4.78 is 10.8. The number of hydrogen-bond donors (Lipinski definition) is 1. The molecule has 0 spiro atoms. The number of fused-ring (bicyclic) bond motifs is 1. The van der Waals surface area contributed by atoms with Gasteiger partial charge in [0.25, 0.3) is 5.91 Å². The standard InChI is InChI=1S/C20H22N2O4/c1-13(23)21-16-6-4-14(5-7-16)20(24)22-9-8-15-10-17(25-2)11-19(26-3)18(15)12-22/h4-7,10-11H,8-9,12H2,1-3H3,(H,21,23). The van der Waals surface area contributed by atoms with Crippen molar-refractivity contribution in [3.8, 4) is 11.5 Å². The summed E-state index contributed by atoms with van der Waals surface area (Å²) in [4.78, 5) is 25.7. The third-order valence-corrected chi connectivity index (χ3v) is 4.47. The van der Waals surface area contributed by atoms with Gasteiger partial charge in [0.2, 0.25) is 5.91 Å². The topological polar surface area (TPSA) is 67.9 Å². The normalized spacial score (nSPS) is 13.0. The SMILES string of the molecule is COc1cc2c(c(OC)c1)CN(C(=O)c1ccc(NC(C)=O)cc1)CC2. The van der Waals surface area contributed by atoms with Crippen molar-refractivity contribution in [2.75, 3.05) is 26.1 Å². The van der Waals surface area contributed by atoms with Crippen LogP contribution in [0.1, 0.15) is 28.4 Å². The molecule has 6 heteroatoms. The Hall–Kier alpha value is -3.02. The van der Waals surface area contributed by atoms with Crippen LogP contribution in [-0.2, 0) is 17.8 Å². The molecule has 26 heavy (non-hydrogen) atoms. The number of rotatable bonds is 4. The summed E-state index contributed by atoms with van der Waals surface area (Å²) in [5.41, 5.74) is 3.43. The summed E-state index contributed by atoms with van der Waals surface area (Å²) in [7, 11) is 3.25. The third kappa shape index (κ3) is 3.64. The zero-order valence-electron chi connectivity index (χ0n) is 15.2. The molecule has 0 saturated carbocycles. The van der Waals surface area contributed by atoms with E-state index in [-0.39, 0.29) is 11.8 Å². The molecule has 1 aliphatic heterocycles. The molecule has 1 N–H and O–H groups in total. The third-order valence-electron chi connectivity index (χ3n) is 4.47. The first-order valence-corrected chi connectivity index (χ1v) is 8.42. The number of carbonyl (C=O) groups excluding carboxylic acids is 2. The van der Waals surface area contributed by atoms with Crippen LogP contribution < -0.4 is 14.8 Å². The van der Waals surface area contributed by atoms with Crippen LogP contribution in [-0.4, -0.2) is 37.5 Å². The fourth-order valence-electron chi connectivity index (χ4n) is 3.16. The maximum atomic E-state index is 12.8. The second-order valence-corrected chi connectivity index (χ2v) is 6.20. The van der Waals surface area contributed by atoms with Gasteiger partial charge < -0.3 is 19.7 Å². The van der Waals surface area contributed by atoms with Gasteiger partial charge in [-0.2, -0.15) is 0 Å². The highest BCUT2D eigenvalue weighted by Gasteiger charge is 2.25. The van der Waals surface area contributed by atoms with Crippen molar-refractivity contribution in [1.29, 1.82) is 0 Å². The van der Waals surface area contributed by atoms with Gasteiger partial charge in [-0.05, 0) is 42.3 Å². The minimum atomic E-state index is -0.140. The van der Waals surface area contributed by atoms with Gasteiger partial charge in [-0.25, -0.2) is 0 Å². The fraction of sp³-hybridized carbons (Fsp3) is 0.300. The second-order valence-electron chi connectivity index (χ2n) is 6.20. The van der Waals surface area contributed by atoms with Crippen LogP contribution in [0, 0.1) is 0 Å². The lowest BCUT2D eigenvalue weighted by Gasteiger charge is -2.30. The Morgan fingerprint density at radius 2 is 1.81 bits per heavy atom. The van der Waals surface area contributed by atoms with Gasteiger partial charge in [0, 0.05) is 42.9 Å². The van der Waals surface area contributed by atoms with Gasteiger partial charge in [-0.3, -0.25) is 9.59 Å². The van der Waals surface area contributed by atoms with E-state index in [1.165, 1.54) is 6.92 Å². The van der Waals surface area contributed by atoms with E-state index in [0.717, 1.165) is 29.0 Å². The molecule has 2 amide bonds. The van der Waals surface area contributed by atoms with Gasteiger partial charge in [0.15, 0.2) is 0 Å². The zero-order valence-corrected chi connectivity index (χ0v) is 15.2. The predicted molar refractivity (Wildman–Crippen MR) is 98.7 cm³/mol. The monoisotopic (exact) mass is 354 g/mol. The molecule has 2 aromatic rings. The predicted octanol–water partition coefficient (Wildman–Crippen LogP) is 2.86. The van der Waals surface area contributed by atoms with Crippen molar-refractivity contribution >= 4 is 17.5 Å². The number of nitrogens with zero attached hydrogens (tertiary/aromatic N) is 1. The second kappa shape index (κ2) is 7.47. The summed E-state index contributed by atoms with van der Waals surface area (Å²) in [6, 6.07) is 10.8. The molecule has 0 bridgehead atoms. The largest absolute Gasteiger partial charge is 0.497 e. The van der Waals surface area contributed by atoms with Crippen molar-refractivity contribution in [1.82, 2.24) is 4.90 Å². The Morgan fingerprint density at radius 3 is 2.42 bits per heavy atom. The summed E-state index contributed by atoms with van der Waals surface area (Å²) in [6.45, 7) is 2.58. The molecule has 6 nitrogen and oxygen atoms in total. The highest BCUT2D eigenvalue weighted by molar-refractivity contribution is 5.95. The Morgan fingerprint density at radius 1 is 1.08 bits per heavy atom. The maximum Gasteiger partial charge on any atom is 0.254 e. The number of nitrogens with one attached hydrogen (secondary N) is 1. The molecular weight excluding hydrogens is 332 g/mol. The molecule has 0 unspecified atom stereocenters. The molecule has 0 atom stereocenters. The van der Waals surface area contributed by atoms with Crippen LogP contribution in [0.4, 0.5) is 5.69 Å². The molecular formula is C20H22N2O4. The van der Waals surface area contributed by atoms with Gasteiger partial charge in [-0.15, -0.1) is 0 Å². The van der Waals surface area contributed by atoms with Crippen LogP contribution in [0.5, 0.6) is 11.5 Å². The summed E-state index contributed by atoms with van der Waals surface area (Å²) >= 11 is 0. The molecule has 0 aromatic heterocycles. The number of carbonyl (C=O) groups is 2. The number of benzene rings is 2. The van der Waals surface area contributed by atoms with Crippen molar-refractivity contribution < 1.29 is 19.1 Å². The molecule has 0 aliphatic carbocycles. The van der Waals surface area contributed by atoms with Crippen LogP contribution >= 0.6 is 0 Å².